The minimum atomic E-state index is -0.748. The van der Waals surface area contributed by atoms with Gasteiger partial charge in [0.2, 0.25) is 0 Å². The molecule has 0 bridgehead atoms. The number of esters is 1. The quantitative estimate of drug-likeness (QED) is 0.302. The molecule has 1 aliphatic rings. The van der Waals surface area contributed by atoms with E-state index in [-0.39, 0.29) is 24.9 Å². The Labute approximate surface area is 226 Å². The first-order chi connectivity index (χ1) is 18.2. The molecule has 200 valence electrons. The van der Waals surface area contributed by atoms with Crippen molar-refractivity contribution in [1.82, 2.24) is 4.57 Å². The molecular formula is C30H34N2O5S. The van der Waals surface area contributed by atoms with E-state index in [1.165, 1.54) is 16.9 Å². The predicted octanol–water partition coefficient (Wildman–Crippen LogP) is 4.34. The molecule has 0 saturated carbocycles. The van der Waals surface area contributed by atoms with Gasteiger partial charge in [-0.2, -0.15) is 0 Å². The molecule has 1 atom stereocenters. The number of aromatic nitrogens is 1. The van der Waals surface area contributed by atoms with Gasteiger partial charge in [-0.1, -0.05) is 67.6 Å². The van der Waals surface area contributed by atoms with E-state index in [1.807, 2.05) is 56.3 Å². The summed E-state index contributed by atoms with van der Waals surface area (Å²) in [5, 5.41) is 0. The van der Waals surface area contributed by atoms with Crippen LogP contribution in [0.15, 0.2) is 69.6 Å². The van der Waals surface area contributed by atoms with Crippen LogP contribution in [0, 0.1) is 0 Å². The van der Waals surface area contributed by atoms with Crippen LogP contribution < -0.4 is 19.6 Å². The van der Waals surface area contributed by atoms with Gasteiger partial charge in [0, 0.05) is 12.7 Å². The van der Waals surface area contributed by atoms with Crippen LogP contribution >= 0.6 is 11.3 Å². The number of carbonyl (C=O) groups excluding carboxylic acids is 1. The Morgan fingerprint density at radius 1 is 1.08 bits per heavy atom. The van der Waals surface area contributed by atoms with Crippen LogP contribution in [0.2, 0.25) is 0 Å². The first-order valence-corrected chi connectivity index (χ1v) is 13.6. The summed E-state index contributed by atoms with van der Waals surface area (Å²) >= 11 is 1.31. The molecule has 1 aromatic heterocycles. The van der Waals surface area contributed by atoms with Gasteiger partial charge in [-0.15, -0.1) is 0 Å². The van der Waals surface area contributed by atoms with Crippen molar-refractivity contribution in [3.05, 3.63) is 96.2 Å². The van der Waals surface area contributed by atoms with Gasteiger partial charge in [0.15, 0.2) is 4.80 Å². The number of fused-ring (bicyclic) bond motifs is 1. The molecule has 0 spiro atoms. The van der Waals surface area contributed by atoms with Crippen molar-refractivity contribution in [3.8, 4) is 5.75 Å². The molecule has 2 heterocycles. The molecule has 0 aliphatic carbocycles. The lowest BCUT2D eigenvalue weighted by atomic mass is 9.95. The number of para-hydroxylation sites is 1. The van der Waals surface area contributed by atoms with Crippen LogP contribution in [0.3, 0.4) is 0 Å². The normalized spacial score (nSPS) is 15.6. The van der Waals surface area contributed by atoms with Crippen LogP contribution in [0.5, 0.6) is 5.75 Å². The smallest absolute Gasteiger partial charge is 0.338 e. The molecule has 4 rings (SSSR count). The minimum absolute atomic E-state index is 0.0945. The number of rotatable bonds is 9. The van der Waals surface area contributed by atoms with E-state index in [2.05, 4.69) is 31.0 Å². The Hall–Kier alpha value is -3.49. The maximum atomic E-state index is 13.9. The second-order valence-electron chi connectivity index (χ2n) is 9.74. The van der Waals surface area contributed by atoms with E-state index in [4.69, 9.17) is 14.2 Å². The molecule has 8 heteroatoms. The molecule has 0 amide bonds. The number of allylic oxidation sites excluding steroid dienone is 1. The Kier molecular flexibility index (Phi) is 8.64. The van der Waals surface area contributed by atoms with Crippen molar-refractivity contribution >= 4 is 23.4 Å². The van der Waals surface area contributed by atoms with Crippen molar-refractivity contribution in [2.75, 3.05) is 20.3 Å². The monoisotopic (exact) mass is 534 g/mol. The number of thiazole rings is 1. The highest BCUT2D eigenvalue weighted by Crippen LogP contribution is 2.36. The van der Waals surface area contributed by atoms with Gasteiger partial charge in [0.05, 0.1) is 28.5 Å². The highest BCUT2D eigenvalue weighted by molar-refractivity contribution is 7.07. The highest BCUT2D eigenvalue weighted by atomic mass is 32.1. The molecule has 0 saturated heterocycles. The number of nitrogens with zero attached hydrogens (tertiary/aromatic N) is 2. The third-order valence-corrected chi connectivity index (χ3v) is 7.22. The zero-order chi connectivity index (χ0) is 27.4. The third kappa shape index (κ3) is 5.81. The summed E-state index contributed by atoms with van der Waals surface area (Å²) in [6.45, 7) is 10.3. The summed E-state index contributed by atoms with van der Waals surface area (Å²) in [6, 6.07) is 14.9. The third-order valence-electron chi connectivity index (χ3n) is 6.24. The second-order valence-corrected chi connectivity index (χ2v) is 10.7. The van der Waals surface area contributed by atoms with Crippen LogP contribution in [0.1, 0.15) is 63.3 Å². The Morgan fingerprint density at radius 3 is 2.45 bits per heavy atom. The van der Waals surface area contributed by atoms with E-state index in [1.54, 1.807) is 18.6 Å². The van der Waals surface area contributed by atoms with Crippen LogP contribution in [-0.2, 0) is 14.3 Å². The summed E-state index contributed by atoms with van der Waals surface area (Å²) in [6.07, 6.45) is 1.78. The number of carbonyl (C=O) groups is 1. The number of hydrogen-bond donors (Lipinski definition) is 0. The first-order valence-electron chi connectivity index (χ1n) is 12.8. The van der Waals surface area contributed by atoms with E-state index in [0.29, 0.717) is 37.8 Å². The molecule has 0 N–H and O–H groups in total. The zero-order valence-electron chi connectivity index (χ0n) is 22.7. The van der Waals surface area contributed by atoms with Gasteiger partial charge in [0.25, 0.3) is 5.56 Å². The Bertz CT molecular complexity index is 1510. The number of ether oxygens (including phenoxy) is 3. The molecule has 0 radical (unpaired) electrons. The van der Waals surface area contributed by atoms with E-state index < -0.39 is 12.0 Å². The van der Waals surface area contributed by atoms with E-state index >= 15 is 0 Å². The summed E-state index contributed by atoms with van der Waals surface area (Å²) in [4.78, 5) is 32.4. The minimum Gasteiger partial charge on any atom is -0.491 e. The van der Waals surface area contributed by atoms with Gasteiger partial charge in [-0.3, -0.25) is 9.36 Å². The van der Waals surface area contributed by atoms with Crippen LogP contribution in [0.25, 0.3) is 6.08 Å². The van der Waals surface area contributed by atoms with Crippen molar-refractivity contribution < 1.29 is 19.0 Å². The van der Waals surface area contributed by atoms with E-state index in [9.17, 15) is 9.59 Å². The first kappa shape index (κ1) is 27.5. The van der Waals surface area contributed by atoms with Crippen molar-refractivity contribution in [3.63, 3.8) is 0 Å². The summed E-state index contributed by atoms with van der Waals surface area (Å²) in [7, 11) is 1.54. The molecule has 7 nitrogen and oxygen atoms in total. The molecule has 3 aromatic rings. The average molecular weight is 535 g/mol. The zero-order valence-corrected chi connectivity index (χ0v) is 23.5. The Morgan fingerprint density at radius 2 is 1.79 bits per heavy atom. The molecule has 0 fully saturated rings. The molecular weight excluding hydrogens is 500 g/mol. The van der Waals surface area contributed by atoms with Crippen LogP contribution in [-0.4, -0.2) is 37.0 Å². The topological polar surface area (TPSA) is 79.1 Å². The maximum absolute atomic E-state index is 13.9. The van der Waals surface area contributed by atoms with Gasteiger partial charge in [0.1, 0.15) is 18.4 Å². The number of methoxy groups -OCH3 is 1. The summed E-state index contributed by atoms with van der Waals surface area (Å²) in [5.41, 5.74) is 3.45. The van der Waals surface area contributed by atoms with Crippen molar-refractivity contribution in [2.24, 2.45) is 4.99 Å². The van der Waals surface area contributed by atoms with Gasteiger partial charge >= 0.3 is 5.97 Å². The number of benzene rings is 2. The maximum Gasteiger partial charge on any atom is 0.338 e. The average Bonchev–Trinajstić information content (AvgIpc) is 3.18. The summed E-state index contributed by atoms with van der Waals surface area (Å²) < 4.78 is 18.8. The molecule has 2 aromatic carbocycles. The largest absolute Gasteiger partial charge is 0.491 e. The lowest BCUT2D eigenvalue weighted by Gasteiger charge is -2.27. The fourth-order valence-corrected chi connectivity index (χ4v) is 5.42. The van der Waals surface area contributed by atoms with Gasteiger partial charge in [-0.05, 0) is 50.0 Å². The molecule has 0 unspecified atom stereocenters. The van der Waals surface area contributed by atoms with Gasteiger partial charge in [-0.25, -0.2) is 9.79 Å². The summed E-state index contributed by atoms with van der Waals surface area (Å²) in [5.74, 6) is 0.488. The SMILES string of the molecule is COCCOC(=O)C1=C(C)N=c2s/c(=C/c3ccc(C(C)C)cc3)c(=O)n2[C@H]1c1ccccc1OC(C)C. The van der Waals surface area contributed by atoms with Crippen molar-refractivity contribution in [1.29, 1.82) is 0 Å². The number of hydrogen-bond acceptors (Lipinski definition) is 7. The molecule has 1 aliphatic heterocycles. The fourth-order valence-electron chi connectivity index (χ4n) is 4.37. The van der Waals surface area contributed by atoms with Crippen molar-refractivity contribution in [2.45, 2.75) is 52.7 Å². The standard InChI is InChI=1S/C30H34N2O5S/c1-18(2)22-13-11-21(12-14-22)17-25-28(33)32-27(23-9-7-8-10-24(23)37-19(3)4)26(20(5)31-30(32)38-25)29(34)36-16-15-35-6/h7-14,17-19,27H,15-16H2,1-6H3/b25-17+/t27-/m0/s1. The van der Waals surface area contributed by atoms with Gasteiger partial charge < -0.3 is 14.2 Å². The highest BCUT2D eigenvalue weighted by Gasteiger charge is 2.35. The second kappa shape index (κ2) is 11.9. The Balaban J connectivity index is 1.89. The lowest BCUT2D eigenvalue weighted by Crippen LogP contribution is -2.40. The van der Waals surface area contributed by atoms with E-state index in [0.717, 1.165) is 5.56 Å². The molecule has 38 heavy (non-hydrogen) atoms. The fraction of sp³-hybridized carbons (Fsp3) is 0.367. The lowest BCUT2D eigenvalue weighted by molar-refractivity contribution is -0.140. The predicted molar refractivity (Wildman–Crippen MR) is 149 cm³/mol. The van der Waals surface area contributed by atoms with Crippen LogP contribution in [0.4, 0.5) is 0 Å².